The maximum absolute atomic E-state index is 12.8. The molecule has 0 spiro atoms. The van der Waals surface area contributed by atoms with Gasteiger partial charge in [-0.1, -0.05) is 31.0 Å². The molecule has 0 N–H and O–H groups in total. The molecule has 0 saturated heterocycles. The summed E-state index contributed by atoms with van der Waals surface area (Å²) in [5, 5.41) is 21.6. The van der Waals surface area contributed by atoms with Crippen LogP contribution in [0, 0.1) is 11.3 Å². The Hall–Kier alpha value is -1.62. The van der Waals surface area contributed by atoms with E-state index in [2.05, 4.69) is 21.6 Å². The number of hydrogen-bond acceptors (Lipinski definition) is 6. The molecule has 1 aliphatic rings. The van der Waals surface area contributed by atoms with Crippen LogP contribution >= 0.6 is 11.8 Å². The summed E-state index contributed by atoms with van der Waals surface area (Å²) in [5.74, 6) is -0.0447. The molecule has 0 aliphatic heterocycles. The number of nitriles is 1. The molecule has 1 atom stereocenters. The van der Waals surface area contributed by atoms with Gasteiger partial charge in [0, 0.05) is 7.05 Å². The van der Waals surface area contributed by atoms with Gasteiger partial charge in [0.05, 0.1) is 17.4 Å². The Labute approximate surface area is 141 Å². The largest absolute Gasteiger partial charge is 0.326 e. The highest BCUT2D eigenvalue weighted by Gasteiger charge is 2.40. The summed E-state index contributed by atoms with van der Waals surface area (Å²) in [5.41, 5.74) is -0.659. The van der Waals surface area contributed by atoms with Crippen molar-refractivity contribution >= 4 is 17.7 Å². The van der Waals surface area contributed by atoms with Crippen LogP contribution in [0.3, 0.4) is 0 Å². The van der Waals surface area contributed by atoms with Gasteiger partial charge >= 0.3 is 0 Å². The van der Waals surface area contributed by atoms with Gasteiger partial charge in [0.1, 0.15) is 5.54 Å². The van der Waals surface area contributed by atoms with Crippen molar-refractivity contribution in [2.45, 2.75) is 74.9 Å². The van der Waals surface area contributed by atoms with Gasteiger partial charge in [-0.25, -0.2) is 4.68 Å². The molecular formula is C15H24N6OS. The van der Waals surface area contributed by atoms with Gasteiger partial charge in [-0.15, -0.1) is 5.10 Å². The molecular weight excluding hydrogens is 312 g/mol. The summed E-state index contributed by atoms with van der Waals surface area (Å²) in [6.07, 6.45) is 4.65. The van der Waals surface area contributed by atoms with Crippen LogP contribution in [0.15, 0.2) is 5.16 Å². The van der Waals surface area contributed by atoms with Gasteiger partial charge in [0.25, 0.3) is 0 Å². The fourth-order valence-corrected chi connectivity index (χ4v) is 3.95. The van der Waals surface area contributed by atoms with Crippen molar-refractivity contribution in [1.82, 2.24) is 25.1 Å². The average Bonchev–Trinajstić information content (AvgIpc) is 3.02. The maximum atomic E-state index is 12.8. The smallest absolute Gasteiger partial charge is 0.236 e. The molecule has 7 nitrogen and oxygen atoms in total. The molecule has 0 aromatic carbocycles. The molecule has 1 fully saturated rings. The number of carbonyl (C=O) groups is 1. The van der Waals surface area contributed by atoms with Crippen molar-refractivity contribution in [2.24, 2.45) is 0 Å². The van der Waals surface area contributed by atoms with Gasteiger partial charge in [0.2, 0.25) is 11.1 Å². The highest BCUT2D eigenvalue weighted by molar-refractivity contribution is 8.00. The topological polar surface area (TPSA) is 87.7 Å². The van der Waals surface area contributed by atoms with Crippen LogP contribution in [0.25, 0.3) is 0 Å². The third-order valence-electron chi connectivity index (χ3n) is 4.44. The van der Waals surface area contributed by atoms with E-state index in [4.69, 9.17) is 0 Å². The Kier molecular flexibility index (Phi) is 5.63. The summed E-state index contributed by atoms with van der Waals surface area (Å²) >= 11 is 1.34. The zero-order valence-corrected chi connectivity index (χ0v) is 15.0. The number of nitrogens with zero attached hydrogens (tertiary/aromatic N) is 6. The summed E-state index contributed by atoms with van der Waals surface area (Å²) in [6, 6.07) is 2.53. The first-order chi connectivity index (χ1) is 10.9. The summed E-state index contributed by atoms with van der Waals surface area (Å²) in [4.78, 5) is 14.4. The molecule has 1 amide bonds. The van der Waals surface area contributed by atoms with Crippen molar-refractivity contribution in [3.05, 3.63) is 0 Å². The lowest BCUT2D eigenvalue weighted by atomic mass is 9.81. The number of thioether (sulfide) groups is 1. The number of rotatable bonds is 5. The lowest BCUT2D eigenvalue weighted by Crippen LogP contribution is -2.52. The second-order valence-corrected chi connectivity index (χ2v) is 7.67. The van der Waals surface area contributed by atoms with Crippen LogP contribution in [0.4, 0.5) is 0 Å². The fraction of sp³-hybridized carbons (Fsp3) is 0.800. The second kappa shape index (κ2) is 7.30. The second-order valence-electron chi connectivity index (χ2n) is 6.36. The Morgan fingerprint density at radius 2 is 2.00 bits per heavy atom. The molecule has 1 heterocycles. The van der Waals surface area contributed by atoms with Crippen LogP contribution in [0.1, 0.15) is 58.9 Å². The first-order valence-electron chi connectivity index (χ1n) is 8.05. The minimum Gasteiger partial charge on any atom is -0.326 e. The van der Waals surface area contributed by atoms with E-state index in [1.807, 2.05) is 20.8 Å². The Bertz CT molecular complexity index is 587. The normalized spacial score (nSPS) is 18.4. The molecule has 0 unspecified atom stereocenters. The zero-order chi connectivity index (χ0) is 17.0. The third-order valence-corrected chi connectivity index (χ3v) is 5.48. The number of hydrogen-bond donors (Lipinski definition) is 0. The Morgan fingerprint density at radius 3 is 2.57 bits per heavy atom. The summed E-state index contributed by atoms with van der Waals surface area (Å²) in [6.45, 7) is 5.83. The number of amides is 1. The fourth-order valence-electron chi connectivity index (χ4n) is 2.94. The van der Waals surface area contributed by atoms with Crippen molar-refractivity contribution in [2.75, 3.05) is 7.05 Å². The van der Waals surface area contributed by atoms with Gasteiger partial charge in [-0.3, -0.25) is 4.79 Å². The molecule has 8 heteroatoms. The lowest BCUT2D eigenvalue weighted by Gasteiger charge is -2.40. The van der Waals surface area contributed by atoms with Gasteiger partial charge in [-0.05, 0) is 44.0 Å². The van der Waals surface area contributed by atoms with E-state index in [9.17, 15) is 10.1 Å². The summed E-state index contributed by atoms with van der Waals surface area (Å²) in [7, 11) is 1.75. The molecule has 1 aromatic rings. The number of aromatic nitrogens is 4. The van der Waals surface area contributed by atoms with Gasteiger partial charge < -0.3 is 4.90 Å². The monoisotopic (exact) mass is 336 g/mol. The first kappa shape index (κ1) is 17.7. The van der Waals surface area contributed by atoms with E-state index in [0.717, 1.165) is 32.1 Å². The SMILES string of the molecule is CC(C)n1nnnc1S[C@H](C)C(=O)N(C)C1(C#N)CCCCC1. The number of carbonyl (C=O) groups excluding carboxylic acids is 1. The third kappa shape index (κ3) is 3.66. The van der Waals surface area contributed by atoms with Gasteiger partial charge in [-0.2, -0.15) is 5.26 Å². The first-order valence-corrected chi connectivity index (χ1v) is 8.92. The average molecular weight is 336 g/mol. The highest BCUT2D eigenvalue weighted by atomic mass is 32.2. The Morgan fingerprint density at radius 1 is 1.35 bits per heavy atom. The minimum atomic E-state index is -0.659. The standard InChI is InChI=1S/C15H24N6OS/c1-11(2)21-14(17-18-19-21)23-12(3)13(22)20(4)15(10-16)8-6-5-7-9-15/h11-12H,5-9H2,1-4H3/t12-/m1/s1. The minimum absolute atomic E-state index is 0.0447. The lowest BCUT2D eigenvalue weighted by molar-refractivity contribution is -0.133. The summed E-state index contributed by atoms with van der Waals surface area (Å²) < 4.78 is 1.70. The van der Waals surface area contributed by atoms with Crippen LogP contribution in [-0.4, -0.2) is 48.9 Å². The molecule has 2 rings (SSSR count). The van der Waals surface area contributed by atoms with Crippen LogP contribution in [-0.2, 0) is 4.79 Å². The van der Waals surface area contributed by atoms with Crippen molar-refractivity contribution in [3.63, 3.8) is 0 Å². The van der Waals surface area contributed by atoms with Gasteiger partial charge in [0.15, 0.2) is 0 Å². The molecule has 126 valence electrons. The molecule has 23 heavy (non-hydrogen) atoms. The maximum Gasteiger partial charge on any atom is 0.236 e. The molecule has 1 aromatic heterocycles. The van der Waals surface area contributed by atoms with E-state index in [-0.39, 0.29) is 17.2 Å². The molecule has 1 aliphatic carbocycles. The molecule has 0 radical (unpaired) electrons. The molecule has 0 bridgehead atoms. The Balaban J connectivity index is 2.09. The van der Waals surface area contributed by atoms with E-state index < -0.39 is 5.54 Å². The predicted octanol–water partition coefficient (Wildman–Crippen LogP) is 2.42. The van der Waals surface area contributed by atoms with E-state index in [1.54, 1.807) is 16.6 Å². The van der Waals surface area contributed by atoms with E-state index in [0.29, 0.717) is 5.16 Å². The van der Waals surface area contributed by atoms with Crippen LogP contribution in [0.2, 0.25) is 0 Å². The predicted molar refractivity (Wildman–Crippen MR) is 87.7 cm³/mol. The van der Waals surface area contributed by atoms with Crippen LogP contribution in [0.5, 0.6) is 0 Å². The zero-order valence-electron chi connectivity index (χ0n) is 14.2. The quantitative estimate of drug-likeness (QED) is 0.767. The van der Waals surface area contributed by atoms with Crippen LogP contribution < -0.4 is 0 Å². The van der Waals surface area contributed by atoms with E-state index >= 15 is 0 Å². The van der Waals surface area contributed by atoms with Crippen molar-refractivity contribution < 1.29 is 4.79 Å². The number of tetrazole rings is 1. The highest BCUT2D eigenvalue weighted by Crippen LogP contribution is 2.34. The van der Waals surface area contributed by atoms with Crippen molar-refractivity contribution in [3.8, 4) is 6.07 Å². The van der Waals surface area contributed by atoms with E-state index in [1.165, 1.54) is 11.8 Å². The molecule has 1 saturated carbocycles. The van der Waals surface area contributed by atoms with Crippen molar-refractivity contribution in [1.29, 1.82) is 5.26 Å².